The van der Waals surface area contributed by atoms with Gasteiger partial charge in [0.05, 0.1) is 11.1 Å². The molecule has 2 aromatic carbocycles. The van der Waals surface area contributed by atoms with Crippen LogP contribution in [0.5, 0.6) is 0 Å². The molecule has 182 valence electrons. The summed E-state index contributed by atoms with van der Waals surface area (Å²) in [4.78, 5) is 27.4. The lowest BCUT2D eigenvalue weighted by atomic mass is 9.88. The second kappa shape index (κ2) is 9.77. The fraction of sp³-hybridized carbons (Fsp3) is 0.269. The van der Waals surface area contributed by atoms with Gasteiger partial charge in [0.1, 0.15) is 0 Å². The van der Waals surface area contributed by atoms with Crippen LogP contribution in [0.3, 0.4) is 0 Å². The summed E-state index contributed by atoms with van der Waals surface area (Å²) in [6.07, 6.45) is -0.589. The van der Waals surface area contributed by atoms with Crippen LogP contribution in [0.4, 0.5) is 18.9 Å². The highest BCUT2D eigenvalue weighted by Gasteiger charge is 2.31. The first-order valence-electron chi connectivity index (χ1n) is 11.2. The summed E-state index contributed by atoms with van der Waals surface area (Å²) in [6, 6.07) is 13.2. The van der Waals surface area contributed by atoms with Gasteiger partial charge in [0.25, 0.3) is 11.8 Å². The molecule has 35 heavy (non-hydrogen) atoms. The number of amides is 2. The normalized spacial score (nSPS) is 14.6. The minimum atomic E-state index is -4.36. The summed E-state index contributed by atoms with van der Waals surface area (Å²) in [7, 11) is 0. The number of nitrogens with one attached hydrogen (secondary N) is 1. The molecule has 1 aliphatic rings. The second-order valence-electron chi connectivity index (χ2n) is 8.62. The first-order chi connectivity index (χ1) is 16.6. The Balaban J connectivity index is 1.40. The standard InChI is InChI=1S/C26H24F3N3O3/c1-17-2-3-21(16-23(17)30-24(33)20-10-14-32(35)15-11-20)25(34)31-12-8-19(9-13-31)18-4-6-22(7-5-18)26(27,28)29/h2-7,10-11,14-16,19H,8-9,12-13H2,1H3,(H,30,33). The molecule has 1 saturated heterocycles. The molecule has 2 heterocycles. The monoisotopic (exact) mass is 483 g/mol. The van der Waals surface area contributed by atoms with E-state index in [9.17, 15) is 28.0 Å². The van der Waals surface area contributed by atoms with Gasteiger partial charge >= 0.3 is 6.18 Å². The number of halogens is 3. The van der Waals surface area contributed by atoms with Crippen LogP contribution in [0.15, 0.2) is 67.0 Å². The molecule has 0 aliphatic carbocycles. The molecular weight excluding hydrogens is 459 g/mol. The summed E-state index contributed by atoms with van der Waals surface area (Å²) in [5.41, 5.74) is 2.21. The molecule has 0 bridgehead atoms. The molecule has 1 N–H and O–H groups in total. The smallest absolute Gasteiger partial charge is 0.416 e. The van der Waals surface area contributed by atoms with Crippen LogP contribution in [0.2, 0.25) is 0 Å². The summed E-state index contributed by atoms with van der Waals surface area (Å²) < 4.78 is 39.0. The van der Waals surface area contributed by atoms with Crippen LogP contribution >= 0.6 is 0 Å². The Morgan fingerprint density at radius 1 is 0.971 bits per heavy atom. The van der Waals surface area contributed by atoms with Gasteiger partial charge in [0.15, 0.2) is 12.4 Å². The van der Waals surface area contributed by atoms with Crippen molar-refractivity contribution in [3.05, 3.63) is 100 Å². The summed E-state index contributed by atoms with van der Waals surface area (Å²) in [6.45, 7) is 2.79. The van der Waals surface area contributed by atoms with Crippen molar-refractivity contribution in [2.45, 2.75) is 31.9 Å². The number of carbonyl (C=O) groups is 2. The first kappa shape index (κ1) is 24.3. The number of nitrogens with zero attached hydrogens (tertiary/aromatic N) is 2. The third-order valence-corrected chi connectivity index (χ3v) is 6.29. The number of hydrogen-bond donors (Lipinski definition) is 1. The van der Waals surface area contributed by atoms with Gasteiger partial charge in [-0.3, -0.25) is 9.59 Å². The number of aromatic nitrogens is 1. The summed E-state index contributed by atoms with van der Waals surface area (Å²) >= 11 is 0. The van der Waals surface area contributed by atoms with Gasteiger partial charge in [-0.15, -0.1) is 0 Å². The lowest BCUT2D eigenvalue weighted by molar-refractivity contribution is -0.605. The van der Waals surface area contributed by atoms with Crippen LogP contribution in [0.25, 0.3) is 0 Å². The van der Waals surface area contributed by atoms with E-state index in [1.165, 1.54) is 36.7 Å². The second-order valence-corrected chi connectivity index (χ2v) is 8.62. The Bertz CT molecular complexity index is 1220. The number of pyridine rings is 1. The molecule has 6 nitrogen and oxygen atoms in total. The van der Waals surface area contributed by atoms with Gasteiger partial charge in [-0.2, -0.15) is 17.9 Å². The van der Waals surface area contributed by atoms with Crippen LogP contribution in [0.1, 0.15) is 56.2 Å². The zero-order chi connectivity index (χ0) is 25.2. The van der Waals surface area contributed by atoms with Crippen molar-refractivity contribution in [2.24, 2.45) is 0 Å². The van der Waals surface area contributed by atoms with E-state index in [0.717, 1.165) is 23.3 Å². The minimum Gasteiger partial charge on any atom is -0.619 e. The lowest BCUT2D eigenvalue weighted by Crippen LogP contribution is -2.38. The molecule has 0 unspecified atom stereocenters. The highest BCUT2D eigenvalue weighted by Crippen LogP contribution is 2.33. The fourth-order valence-electron chi connectivity index (χ4n) is 4.19. The highest BCUT2D eigenvalue weighted by atomic mass is 19.4. The predicted molar refractivity (Wildman–Crippen MR) is 124 cm³/mol. The third kappa shape index (κ3) is 5.62. The Kier molecular flexibility index (Phi) is 6.77. The number of hydrogen-bond acceptors (Lipinski definition) is 3. The molecule has 3 aromatic rings. The van der Waals surface area contributed by atoms with Crippen molar-refractivity contribution >= 4 is 17.5 Å². The predicted octanol–water partition coefficient (Wildman–Crippen LogP) is 4.92. The van der Waals surface area contributed by atoms with Gasteiger partial charge in [0.2, 0.25) is 0 Å². The van der Waals surface area contributed by atoms with Crippen molar-refractivity contribution in [3.63, 3.8) is 0 Å². The topological polar surface area (TPSA) is 76.4 Å². The summed E-state index contributed by atoms with van der Waals surface area (Å²) in [5.74, 6) is -0.470. The largest absolute Gasteiger partial charge is 0.619 e. The fourth-order valence-corrected chi connectivity index (χ4v) is 4.19. The molecule has 0 spiro atoms. The third-order valence-electron chi connectivity index (χ3n) is 6.29. The highest BCUT2D eigenvalue weighted by molar-refractivity contribution is 6.05. The minimum absolute atomic E-state index is 0.0906. The van der Waals surface area contributed by atoms with Crippen LogP contribution in [-0.4, -0.2) is 29.8 Å². The van der Waals surface area contributed by atoms with Gasteiger partial charge in [0, 0.05) is 36.5 Å². The molecule has 1 aliphatic heterocycles. The molecule has 1 fully saturated rings. The van der Waals surface area contributed by atoms with Crippen molar-refractivity contribution in [2.75, 3.05) is 18.4 Å². The van der Waals surface area contributed by atoms with E-state index in [2.05, 4.69) is 5.32 Å². The van der Waals surface area contributed by atoms with Crippen molar-refractivity contribution in [1.29, 1.82) is 0 Å². The van der Waals surface area contributed by atoms with Crippen molar-refractivity contribution < 1.29 is 27.5 Å². The van der Waals surface area contributed by atoms with Gasteiger partial charge in [-0.1, -0.05) is 18.2 Å². The number of benzene rings is 2. The average molecular weight is 483 g/mol. The quantitative estimate of drug-likeness (QED) is 0.423. The molecule has 0 radical (unpaired) electrons. The van der Waals surface area contributed by atoms with Gasteiger partial charge in [-0.25, -0.2) is 0 Å². The van der Waals surface area contributed by atoms with E-state index in [1.807, 2.05) is 6.92 Å². The van der Waals surface area contributed by atoms with Crippen molar-refractivity contribution in [1.82, 2.24) is 4.90 Å². The Hall–Kier alpha value is -3.88. The average Bonchev–Trinajstić information content (AvgIpc) is 2.85. The Morgan fingerprint density at radius 2 is 1.60 bits per heavy atom. The zero-order valence-corrected chi connectivity index (χ0v) is 19.0. The van der Waals surface area contributed by atoms with E-state index < -0.39 is 17.6 Å². The maximum atomic E-state index is 13.1. The van der Waals surface area contributed by atoms with E-state index >= 15 is 0 Å². The molecule has 4 rings (SSSR count). The van der Waals surface area contributed by atoms with E-state index in [1.54, 1.807) is 23.1 Å². The molecular formula is C26H24F3N3O3. The first-order valence-corrected chi connectivity index (χ1v) is 11.2. The SMILES string of the molecule is Cc1ccc(C(=O)N2CCC(c3ccc(C(F)(F)F)cc3)CC2)cc1NC(=O)c1cc[n+]([O-])cc1. The number of aryl methyl sites for hydroxylation is 1. The number of anilines is 1. The number of piperidine rings is 1. The zero-order valence-electron chi connectivity index (χ0n) is 19.0. The van der Waals surface area contributed by atoms with E-state index in [4.69, 9.17) is 0 Å². The van der Waals surface area contributed by atoms with Gasteiger partial charge < -0.3 is 15.4 Å². The van der Waals surface area contributed by atoms with Gasteiger partial charge in [-0.05, 0) is 61.1 Å². The van der Waals surface area contributed by atoms with Crippen molar-refractivity contribution in [3.8, 4) is 0 Å². The maximum absolute atomic E-state index is 13.1. The number of likely N-dealkylation sites (tertiary alicyclic amines) is 1. The number of alkyl halides is 3. The number of rotatable bonds is 4. The molecule has 1 aromatic heterocycles. The Morgan fingerprint density at radius 3 is 2.20 bits per heavy atom. The summed E-state index contributed by atoms with van der Waals surface area (Å²) in [5, 5.41) is 14.0. The van der Waals surface area contributed by atoms with Crippen LogP contribution in [0, 0.1) is 12.1 Å². The Labute approximate surface area is 200 Å². The van der Waals surface area contributed by atoms with Crippen LogP contribution < -0.4 is 10.0 Å². The molecule has 0 saturated carbocycles. The lowest BCUT2D eigenvalue weighted by Gasteiger charge is -2.32. The van der Waals surface area contributed by atoms with E-state index in [0.29, 0.717) is 47.5 Å². The number of carbonyl (C=O) groups excluding carboxylic acids is 2. The molecule has 2 amide bonds. The van der Waals surface area contributed by atoms with E-state index in [-0.39, 0.29) is 11.8 Å². The molecule has 9 heteroatoms. The molecule has 0 atom stereocenters. The van der Waals surface area contributed by atoms with Crippen LogP contribution in [-0.2, 0) is 6.18 Å². The maximum Gasteiger partial charge on any atom is 0.416 e.